The highest BCUT2D eigenvalue weighted by molar-refractivity contribution is 7.21. The lowest BCUT2D eigenvalue weighted by atomic mass is 10.2. The van der Waals surface area contributed by atoms with Gasteiger partial charge < -0.3 is 5.32 Å². The van der Waals surface area contributed by atoms with Gasteiger partial charge in [0, 0.05) is 55.9 Å². The van der Waals surface area contributed by atoms with E-state index in [0.29, 0.717) is 16.4 Å². The highest BCUT2D eigenvalue weighted by Gasteiger charge is 2.19. The fourth-order valence-corrected chi connectivity index (χ4v) is 5.01. The van der Waals surface area contributed by atoms with Crippen LogP contribution >= 0.6 is 22.9 Å². The Balaban J connectivity index is 1.22. The molecule has 28 heavy (non-hydrogen) atoms. The van der Waals surface area contributed by atoms with Gasteiger partial charge in [-0.05, 0) is 11.6 Å². The van der Waals surface area contributed by atoms with Gasteiger partial charge in [-0.2, -0.15) is 0 Å². The lowest BCUT2D eigenvalue weighted by molar-refractivity contribution is 0.0938. The lowest BCUT2D eigenvalue weighted by Gasteiger charge is -2.34. The summed E-state index contributed by atoms with van der Waals surface area (Å²) in [5.74, 6) is -0.0751. The van der Waals surface area contributed by atoms with Crippen molar-refractivity contribution < 1.29 is 4.79 Å². The minimum atomic E-state index is -0.0751. The van der Waals surface area contributed by atoms with Gasteiger partial charge in [-0.15, -0.1) is 11.3 Å². The zero-order valence-electron chi connectivity index (χ0n) is 15.7. The van der Waals surface area contributed by atoms with E-state index in [1.54, 1.807) is 0 Å². The van der Waals surface area contributed by atoms with Crippen LogP contribution < -0.4 is 5.32 Å². The number of nitrogens with zero attached hydrogens (tertiary/aromatic N) is 2. The fourth-order valence-electron chi connectivity index (χ4n) is 3.58. The van der Waals surface area contributed by atoms with Crippen molar-refractivity contribution in [3.8, 4) is 0 Å². The number of hydrogen-bond acceptors (Lipinski definition) is 4. The van der Waals surface area contributed by atoms with Crippen LogP contribution in [0, 0.1) is 0 Å². The number of amides is 1. The predicted molar refractivity (Wildman–Crippen MR) is 117 cm³/mol. The summed E-state index contributed by atoms with van der Waals surface area (Å²) in [7, 11) is 0. The van der Waals surface area contributed by atoms with Crippen LogP contribution in [0.1, 0.15) is 15.2 Å². The smallest absolute Gasteiger partial charge is 0.262 e. The number of thiophene rings is 1. The molecule has 0 unspecified atom stereocenters. The SMILES string of the molecule is O=C(NCCN1CCN(Cc2ccccc2)CC1)c1sc2ccccc2c1Cl. The van der Waals surface area contributed by atoms with E-state index in [1.165, 1.54) is 16.9 Å². The molecule has 1 aromatic heterocycles. The zero-order chi connectivity index (χ0) is 19.3. The van der Waals surface area contributed by atoms with E-state index >= 15 is 0 Å². The molecule has 1 aliphatic heterocycles. The number of benzene rings is 2. The Morgan fingerprint density at radius 2 is 1.64 bits per heavy atom. The first-order chi connectivity index (χ1) is 13.7. The van der Waals surface area contributed by atoms with Gasteiger partial charge in [0.1, 0.15) is 4.88 Å². The first kappa shape index (κ1) is 19.4. The second-order valence-corrected chi connectivity index (χ2v) is 8.53. The van der Waals surface area contributed by atoms with E-state index in [0.717, 1.165) is 49.4 Å². The van der Waals surface area contributed by atoms with Gasteiger partial charge >= 0.3 is 0 Å². The van der Waals surface area contributed by atoms with E-state index in [9.17, 15) is 4.79 Å². The number of halogens is 1. The van der Waals surface area contributed by atoms with Crippen molar-refractivity contribution in [3.63, 3.8) is 0 Å². The first-order valence-electron chi connectivity index (χ1n) is 9.64. The monoisotopic (exact) mass is 413 g/mol. The van der Waals surface area contributed by atoms with Gasteiger partial charge in [0.25, 0.3) is 5.91 Å². The van der Waals surface area contributed by atoms with Gasteiger partial charge in [-0.1, -0.05) is 60.1 Å². The maximum Gasteiger partial charge on any atom is 0.262 e. The summed E-state index contributed by atoms with van der Waals surface area (Å²) in [6, 6.07) is 18.5. The van der Waals surface area contributed by atoms with Crippen molar-refractivity contribution in [2.24, 2.45) is 0 Å². The fraction of sp³-hybridized carbons (Fsp3) is 0.318. The van der Waals surface area contributed by atoms with Gasteiger partial charge in [0.15, 0.2) is 0 Å². The second-order valence-electron chi connectivity index (χ2n) is 7.10. The van der Waals surface area contributed by atoms with Crippen molar-refractivity contribution in [3.05, 3.63) is 70.1 Å². The summed E-state index contributed by atoms with van der Waals surface area (Å²) >= 11 is 7.85. The standard InChI is InChI=1S/C22H24ClN3OS/c23-20-18-8-4-5-9-19(18)28-21(20)22(27)24-10-11-25-12-14-26(15-13-25)16-17-6-2-1-3-7-17/h1-9H,10-16H2,(H,24,27). The third-order valence-electron chi connectivity index (χ3n) is 5.17. The molecule has 4 rings (SSSR count). The van der Waals surface area contributed by atoms with Gasteiger partial charge in [-0.3, -0.25) is 14.6 Å². The third kappa shape index (κ3) is 4.55. The van der Waals surface area contributed by atoms with Crippen LogP contribution in [0.4, 0.5) is 0 Å². The molecule has 2 aromatic carbocycles. The van der Waals surface area contributed by atoms with Gasteiger partial charge in [0.05, 0.1) is 5.02 Å². The first-order valence-corrected chi connectivity index (χ1v) is 10.8. The minimum absolute atomic E-state index is 0.0751. The Hall–Kier alpha value is -1.92. The molecule has 0 aliphatic carbocycles. The number of hydrogen-bond donors (Lipinski definition) is 1. The number of carbonyl (C=O) groups excluding carboxylic acids is 1. The molecule has 0 spiro atoms. The lowest BCUT2D eigenvalue weighted by Crippen LogP contribution is -2.48. The van der Waals surface area contributed by atoms with Crippen LogP contribution in [0.2, 0.25) is 5.02 Å². The normalized spacial score (nSPS) is 15.8. The number of nitrogens with one attached hydrogen (secondary N) is 1. The molecule has 0 radical (unpaired) electrons. The Morgan fingerprint density at radius 1 is 0.964 bits per heavy atom. The van der Waals surface area contributed by atoms with Crippen molar-refractivity contribution in [1.29, 1.82) is 0 Å². The summed E-state index contributed by atoms with van der Waals surface area (Å²) in [4.78, 5) is 18.0. The predicted octanol–water partition coefficient (Wildman–Crippen LogP) is 4.10. The largest absolute Gasteiger partial charge is 0.350 e. The summed E-state index contributed by atoms with van der Waals surface area (Å²) in [5, 5.41) is 4.55. The van der Waals surface area contributed by atoms with E-state index < -0.39 is 0 Å². The zero-order valence-corrected chi connectivity index (χ0v) is 17.3. The molecule has 0 saturated carbocycles. The van der Waals surface area contributed by atoms with E-state index in [1.807, 2.05) is 24.3 Å². The summed E-state index contributed by atoms with van der Waals surface area (Å²) in [6.45, 7) is 6.71. The topological polar surface area (TPSA) is 35.6 Å². The highest BCUT2D eigenvalue weighted by atomic mass is 35.5. The molecular formula is C22H24ClN3OS. The maximum absolute atomic E-state index is 12.5. The molecule has 2 heterocycles. The second kappa shape index (κ2) is 9.05. The summed E-state index contributed by atoms with van der Waals surface area (Å²) < 4.78 is 1.05. The Labute approximate surface area is 174 Å². The van der Waals surface area contributed by atoms with Crippen LogP contribution in [-0.4, -0.2) is 55.0 Å². The highest BCUT2D eigenvalue weighted by Crippen LogP contribution is 2.34. The Bertz CT molecular complexity index is 935. The van der Waals surface area contributed by atoms with E-state index in [2.05, 4.69) is 45.4 Å². The molecule has 4 nitrogen and oxygen atoms in total. The summed E-state index contributed by atoms with van der Waals surface area (Å²) in [6.07, 6.45) is 0. The average molecular weight is 414 g/mol. The van der Waals surface area contributed by atoms with Crippen LogP contribution in [0.5, 0.6) is 0 Å². The van der Waals surface area contributed by atoms with Crippen LogP contribution in [0.25, 0.3) is 10.1 Å². The third-order valence-corrected chi connectivity index (χ3v) is 6.84. The minimum Gasteiger partial charge on any atom is -0.350 e. The molecule has 1 N–H and O–H groups in total. The summed E-state index contributed by atoms with van der Waals surface area (Å²) in [5.41, 5.74) is 1.36. The maximum atomic E-state index is 12.5. The molecule has 1 amide bonds. The number of rotatable bonds is 6. The average Bonchev–Trinajstić information content (AvgIpc) is 3.07. The van der Waals surface area contributed by atoms with Gasteiger partial charge in [0.2, 0.25) is 0 Å². The molecule has 3 aromatic rings. The van der Waals surface area contributed by atoms with Crippen LogP contribution in [0.15, 0.2) is 54.6 Å². The Kier molecular flexibility index (Phi) is 6.27. The quantitative estimate of drug-likeness (QED) is 0.660. The van der Waals surface area contributed by atoms with Crippen LogP contribution in [-0.2, 0) is 6.54 Å². The number of piperazine rings is 1. The van der Waals surface area contributed by atoms with Crippen molar-refractivity contribution in [2.75, 3.05) is 39.3 Å². The van der Waals surface area contributed by atoms with Crippen LogP contribution in [0.3, 0.4) is 0 Å². The molecule has 1 aliphatic rings. The molecule has 0 atom stereocenters. The molecule has 1 fully saturated rings. The Morgan fingerprint density at radius 3 is 2.39 bits per heavy atom. The molecule has 1 saturated heterocycles. The number of fused-ring (bicyclic) bond motifs is 1. The van der Waals surface area contributed by atoms with E-state index in [4.69, 9.17) is 11.6 Å². The molecule has 6 heteroatoms. The van der Waals surface area contributed by atoms with Gasteiger partial charge in [-0.25, -0.2) is 0 Å². The van der Waals surface area contributed by atoms with Crippen molar-refractivity contribution >= 4 is 38.9 Å². The number of carbonyl (C=O) groups is 1. The van der Waals surface area contributed by atoms with E-state index in [-0.39, 0.29) is 5.91 Å². The van der Waals surface area contributed by atoms with Crippen molar-refractivity contribution in [1.82, 2.24) is 15.1 Å². The molecular weight excluding hydrogens is 390 g/mol. The molecule has 0 bridgehead atoms. The van der Waals surface area contributed by atoms with Crippen molar-refractivity contribution in [2.45, 2.75) is 6.54 Å². The molecule has 146 valence electrons.